The summed E-state index contributed by atoms with van der Waals surface area (Å²) in [7, 11) is 3.88. The molecule has 5 nitrogen and oxygen atoms in total. The van der Waals surface area contributed by atoms with Gasteiger partial charge in [0.25, 0.3) is 0 Å². The van der Waals surface area contributed by atoms with E-state index >= 15 is 0 Å². The van der Waals surface area contributed by atoms with E-state index in [-0.39, 0.29) is 24.4 Å². The van der Waals surface area contributed by atoms with Crippen molar-refractivity contribution in [1.82, 2.24) is 5.32 Å². The number of anilines is 1. The van der Waals surface area contributed by atoms with Gasteiger partial charge in [0.2, 0.25) is 5.91 Å². The van der Waals surface area contributed by atoms with Gasteiger partial charge in [-0.3, -0.25) is 9.79 Å². The molecular formula is C19H25F3N4O. The van der Waals surface area contributed by atoms with Gasteiger partial charge in [-0.2, -0.15) is 13.2 Å². The monoisotopic (exact) mass is 382 g/mol. The molecule has 148 valence electrons. The number of aliphatic imine (C=N–C) groups is 1. The van der Waals surface area contributed by atoms with E-state index < -0.39 is 11.9 Å². The summed E-state index contributed by atoms with van der Waals surface area (Å²) in [6, 6.07) is 7.71. The average molecular weight is 382 g/mol. The number of nitrogens with one attached hydrogen (secondary N) is 1. The van der Waals surface area contributed by atoms with Crippen LogP contribution in [0.2, 0.25) is 0 Å². The normalized spacial score (nSPS) is 18.3. The Kier molecular flexibility index (Phi) is 6.87. The quantitative estimate of drug-likeness (QED) is 0.822. The fourth-order valence-electron chi connectivity index (χ4n) is 2.86. The van der Waals surface area contributed by atoms with Crippen molar-refractivity contribution >= 4 is 17.3 Å². The summed E-state index contributed by atoms with van der Waals surface area (Å²) in [6.07, 6.45) is -2.54. The minimum atomic E-state index is -4.57. The second kappa shape index (κ2) is 8.92. The SMILES string of the molecule is CN(C)c1ccc(CNC(=O)CN=C2CCCCC2=C(N)C(F)(F)F)cc1. The van der Waals surface area contributed by atoms with Crippen molar-refractivity contribution in [2.45, 2.75) is 38.4 Å². The van der Waals surface area contributed by atoms with Gasteiger partial charge in [0.05, 0.1) is 0 Å². The molecule has 0 aromatic heterocycles. The third-order valence-corrected chi connectivity index (χ3v) is 4.43. The molecule has 1 fully saturated rings. The lowest BCUT2D eigenvalue weighted by Crippen LogP contribution is -2.28. The van der Waals surface area contributed by atoms with Gasteiger partial charge in [-0.05, 0) is 43.4 Å². The van der Waals surface area contributed by atoms with Gasteiger partial charge >= 0.3 is 6.18 Å². The van der Waals surface area contributed by atoms with E-state index in [1.54, 1.807) is 0 Å². The summed E-state index contributed by atoms with van der Waals surface area (Å²) in [5.41, 5.74) is 6.47. The molecule has 0 aliphatic heterocycles. The van der Waals surface area contributed by atoms with Crippen molar-refractivity contribution in [3.05, 3.63) is 41.1 Å². The Morgan fingerprint density at radius 1 is 1.19 bits per heavy atom. The maximum Gasteiger partial charge on any atom is 0.431 e. The lowest BCUT2D eigenvalue weighted by molar-refractivity contribution is -0.119. The molecule has 1 aliphatic rings. The number of benzene rings is 1. The van der Waals surface area contributed by atoms with Crippen molar-refractivity contribution in [3.8, 4) is 0 Å². The van der Waals surface area contributed by atoms with E-state index in [1.807, 2.05) is 43.3 Å². The van der Waals surface area contributed by atoms with Crippen LogP contribution in [0.5, 0.6) is 0 Å². The Morgan fingerprint density at radius 2 is 1.81 bits per heavy atom. The largest absolute Gasteiger partial charge is 0.431 e. The number of allylic oxidation sites excluding steroid dienone is 2. The molecule has 0 bridgehead atoms. The zero-order chi connectivity index (χ0) is 20.0. The summed E-state index contributed by atoms with van der Waals surface area (Å²) in [5, 5.41) is 2.73. The predicted octanol–water partition coefficient (Wildman–Crippen LogP) is 3.16. The molecule has 0 saturated heterocycles. The van der Waals surface area contributed by atoms with Crippen LogP contribution in [-0.2, 0) is 11.3 Å². The Balaban J connectivity index is 1.96. The Bertz CT molecular complexity index is 721. The van der Waals surface area contributed by atoms with Gasteiger partial charge in [-0.1, -0.05) is 12.1 Å². The first-order valence-corrected chi connectivity index (χ1v) is 8.81. The molecule has 1 aliphatic carbocycles. The predicted molar refractivity (Wildman–Crippen MR) is 101 cm³/mol. The van der Waals surface area contributed by atoms with Crippen LogP contribution >= 0.6 is 0 Å². The number of nitrogens with two attached hydrogens (primary N) is 1. The van der Waals surface area contributed by atoms with Gasteiger partial charge in [0.1, 0.15) is 12.2 Å². The summed E-state index contributed by atoms with van der Waals surface area (Å²) < 4.78 is 38.6. The minimum absolute atomic E-state index is 0.0285. The molecule has 0 heterocycles. The van der Waals surface area contributed by atoms with E-state index in [4.69, 9.17) is 5.73 Å². The summed E-state index contributed by atoms with van der Waals surface area (Å²) in [6.45, 7) is 0.129. The molecule has 1 amide bonds. The van der Waals surface area contributed by atoms with E-state index in [9.17, 15) is 18.0 Å². The molecule has 1 aromatic rings. The zero-order valence-electron chi connectivity index (χ0n) is 15.6. The van der Waals surface area contributed by atoms with E-state index in [0.717, 1.165) is 17.7 Å². The molecule has 27 heavy (non-hydrogen) atoms. The number of nitrogens with zero attached hydrogens (tertiary/aromatic N) is 2. The van der Waals surface area contributed by atoms with Crippen molar-refractivity contribution in [2.75, 3.05) is 25.5 Å². The number of hydrogen-bond acceptors (Lipinski definition) is 4. The number of carbonyl (C=O) groups is 1. The van der Waals surface area contributed by atoms with Crippen LogP contribution in [0.4, 0.5) is 18.9 Å². The van der Waals surface area contributed by atoms with Crippen LogP contribution in [-0.4, -0.2) is 38.4 Å². The molecule has 2 rings (SSSR count). The fourth-order valence-corrected chi connectivity index (χ4v) is 2.86. The van der Waals surface area contributed by atoms with Crippen molar-refractivity contribution in [2.24, 2.45) is 10.7 Å². The highest BCUT2D eigenvalue weighted by Gasteiger charge is 2.35. The molecule has 1 aromatic carbocycles. The van der Waals surface area contributed by atoms with Crippen molar-refractivity contribution in [3.63, 3.8) is 0 Å². The number of alkyl halides is 3. The first-order chi connectivity index (χ1) is 12.7. The molecule has 0 unspecified atom stereocenters. The van der Waals surface area contributed by atoms with E-state index in [2.05, 4.69) is 10.3 Å². The fraction of sp³-hybridized carbons (Fsp3) is 0.474. The van der Waals surface area contributed by atoms with Crippen molar-refractivity contribution in [1.29, 1.82) is 0 Å². The van der Waals surface area contributed by atoms with Crippen LogP contribution in [0.3, 0.4) is 0 Å². The molecule has 3 N–H and O–H groups in total. The zero-order valence-corrected chi connectivity index (χ0v) is 15.6. The van der Waals surface area contributed by atoms with Gasteiger partial charge in [0, 0.05) is 37.6 Å². The average Bonchev–Trinajstić information content (AvgIpc) is 2.64. The van der Waals surface area contributed by atoms with Crippen LogP contribution in [0.15, 0.2) is 40.5 Å². The highest BCUT2D eigenvalue weighted by Crippen LogP contribution is 2.30. The lowest BCUT2D eigenvalue weighted by Gasteiger charge is -2.20. The van der Waals surface area contributed by atoms with Crippen molar-refractivity contribution < 1.29 is 18.0 Å². The van der Waals surface area contributed by atoms with E-state index in [1.165, 1.54) is 0 Å². The summed E-state index contributed by atoms with van der Waals surface area (Å²) >= 11 is 0. The van der Waals surface area contributed by atoms with Crippen LogP contribution < -0.4 is 16.0 Å². The number of amides is 1. The number of halogens is 3. The van der Waals surface area contributed by atoms with Crippen LogP contribution in [0.1, 0.15) is 31.2 Å². The maximum atomic E-state index is 12.9. The second-order valence-corrected chi connectivity index (χ2v) is 6.70. The number of hydrogen-bond donors (Lipinski definition) is 2. The standard InChI is InChI=1S/C19H25F3N4O/c1-26(2)14-9-7-13(8-10-14)11-25-17(27)12-24-16-6-4-3-5-15(16)18(23)19(20,21)22/h7-10H,3-6,11-12,23H2,1-2H3,(H,25,27). The second-order valence-electron chi connectivity index (χ2n) is 6.70. The topological polar surface area (TPSA) is 70.7 Å². The van der Waals surface area contributed by atoms with E-state index in [0.29, 0.717) is 25.1 Å². The summed E-state index contributed by atoms with van der Waals surface area (Å²) in [4.78, 5) is 18.1. The Morgan fingerprint density at radius 3 is 2.41 bits per heavy atom. The number of carbonyl (C=O) groups excluding carboxylic acids is 1. The molecule has 0 radical (unpaired) electrons. The first-order valence-electron chi connectivity index (χ1n) is 8.81. The minimum Gasteiger partial charge on any atom is -0.394 e. The smallest absolute Gasteiger partial charge is 0.394 e. The van der Waals surface area contributed by atoms with Crippen LogP contribution in [0.25, 0.3) is 0 Å². The summed E-state index contributed by atoms with van der Waals surface area (Å²) in [5.74, 6) is -0.338. The van der Waals surface area contributed by atoms with Gasteiger partial charge < -0.3 is 16.0 Å². The lowest BCUT2D eigenvalue weighted by atomic mass is 9.91. The number of rotatable bonds is 5. The van der Waals surface area contributed by atoms with Gasteiger partial charge in [-0.15, -0.1) is 0 Å². The third-order valence-electron chi connectivity index (χ3n) is 4.43. The molecule has 8 heteroatoms. The van der Waals surface area contributed by atoms with Gasteiger partial charge in [0.15, 0.2) is 0 Å². The highest BCUT2D eigenvalue weighted by molar-refractivity contribution is 6.02. The van der Waals surface area contributed by atoms with Gasteiger partial charge in [-0.25, -0.2) is 0 Å². The molecule has 0 atom stereocenters. The maximum absolute atomic E-state index is 12.9. The molecule has 1 saturated carbocycles. The van der Waals surface area contributed by atoms with Crippen LogP contribution in [0, 0.1) is 0 Å². The molecular weight excluding hydrogens is 357 g/mol. The first kappa shape index (κ1) is 20.8. The Hall–Kier alpha value is -2.51. The molecule has 0 spiro atoms. The third kappa shape index (κ3) is 6.01. The highest BCUT2D eigenvalue weighted by atomic mass is 19.4. The Labute approximate surface area is 157 Å².